The summed E-state index contributed by atoms with van der Waals surface area (Å²) in [6, 6.07) is 5.70. The lowest BCUT2D eigenvalue weighted by molar-refractivity contribution is -0.275. The fourth-order valence-corrected chi connectivity index (χ4v) is 4.46. The molecule has 0 fully saturated rings. The zero-order valence-corrected chi connectivity index (χ0v) is 20.3. The first-order valence-electron chi connectivity index (χ1n) is 10.1. The Hall–Kier alpha value is -2.89. The van der Waals surface area contributed by atoms with Crippen LogP contribution in [0.4, 0.5) is 17.6 Å². The van der Waals surface area contributed by atoms with E-state index in [1.54, 1.807) is 0 Å². The average Bonchev–Trinajstić information content (AvgIpc) is 3.45. The zero-order valence-electron chi connectivity index (χ0n) is 18.1. The van der Waals surface area contributed by atoms with Crippen molar-refractivity contribution >= 4 is 58.0 Å². The second kappa shape index (κ2) is 9.53. The predicted octanol–water partition coefficient (Wildman–Crippen LogP) is 5.92. The molecular weight excluding hydrogens is 553 g/mol. The molecule has 7 nitrogen and oxygen atoms in total. The molecule has 14 heteroatoms. The molecule has 2 aromatic carbocycles. The van der Waals surface area contributed by atoms with Gasteiger partial charge in [-0.2, -0.15) is 13.2 Å². The number of rotatable bonds is 5. The van der Waals surface area contributed by atoms with Crippen molar-refractivity contribution in [2.45, 2.75) is 37.8 Å². The highest BCUT2D eigenvalue weighted by atomic mass is 35.5. The number of hydrogen-bond acceptors (Lipinski definition) is 6. The highest BCUT2D eigenvalue weighted by Crippen LogP contribution is 2.50. The molecule has 0 aliphatic carbocycles. The van der Waals surface area contributed by atoms with Gasteiger partial charge >= 0.3 is 6.18 Å². The highest BCUT2D eigenvalue weighted by molar-refractivity contribution is 6.65. The van der Waals surface area contributed by atoms with Crippen LogP contribution in [-0.4, -0.2) is 40.5 Å². The Balaban J connectivity index is 1.62. The lowest BCUT2D eigenvalue weighted by Crippen LogP contribution is -2.42. The quantitative estimate of drug-likeness (QED) is 0.256. The second-order valence-corrected chi connectivity index (χ2v) is 9.21. The van der Waals surface area contributed by atoms with E-state index in [9.17, 15) is 27.2 Å². The fourth-order valence-electron chi connectivity index (χ4n) is 3.80. The van der Waals surface area contributed by atoms with Crippen molar-refractivity contribution in [1.29, 1.82) is 0 Å². The van der Waals surface area contributed by atoms with Gasteiger partial charge in [0.25, 0.3) is 11.5 Å². The Morgan fingerprint density at radius 2 is 1.83 bits per heavy atom. The molecule has 0 bridgehead atoms. The summed E-state index contributed by atoms with van der Waals surface area (Å²) in [6.07, 6.45) is -6.46. The molecule has 0 aromatic heterocycles. The minimum atomic E-state index is -4.97. The number of alkyl halides is 3. The maximum Gasteiger partial charge on any atom is 0.435 e. The minimum absolute atomic E-state index is 0.0221. The summed E-state index contributed by atoms with van der Waals surface area (Å²) >= 11 is 17.2. The Kier molecular flexibility index (Phi) is 6.93. The number of nitrogens with zero attached hydrogens (tertiary/aromatic N) is 3. The number of carbonyl (C=O) groups excluding carboxylic acids is 2. The molecule has 2 aliphatic heterocycles. The van der Waals surface area contributed by atoms with Gasteiger partial charge in [0.2, 0.25) is 12.6 Å². The first-order chi connectivity index (χ1) is 16.9. The number of oxime groups is 2. The molecule has 36 heavy (non-hydrogen) atoms. The SMILES string of the molecule is Cc1cc(C2=NOC(c3cc(Cl)c(F)c(Cl)c3)(C(F)(F)F)C2)ccc1C(=O)N(C=O)C1CC(Cl)=NO1. The second-order valence-electron chi connectivity index (χ2n) is 7.96. The lowest BCUT2D eigenvalue weighted by atomic mass is 9.86. The summed E-state index contributed by atoms with van der Waals surface area (Å²) in [5, 5.41) is 6.01. The Labute approximate surface area is 216 Å². The standard InChI is InChI=1S/C22H14Cl3F4N3O4/c1-10-4-11(2-3-13(10)20(34)32(9-33)18-7-17(25)31-35-18)16-8-21(36-30-16,22(27,28)29)12-5-14(23)19(26)15(24)6-12/h2-6,9,18H,7-8H2,1H3. The lowest BCUT2D eigenvalue weighted by Gasteiger charge is -2.29. The zero-order chi connectivity index (χ0) is 26.4. The van der Waals surface area contributed by atoms with E-state index in [4.69, 9.17) is 44.5 Å². The van der Waals surface area contributed by atoms with E-state index in [0.717, 1.165) is 17.0 Å². The van der Waals surface area contributed by atoms with Crippen molar-refractivity contribution in [2.24, 2.45) is 10.3 Å². The summed E-state index contributed by atoms with van der Waals surface area (Å²) in [6.45, 7) is 1.53. The summed E-state index contributed by atoms with van der Waals surface area (Å²) < 4.78 is 56.5. The van der Waals surface area contributed by atoms with Crippen molar-refractivity contribution in [3.63, 3.8) is 0 Å². The van der Waals surface area contributed by atoms with Gasteiger partial charge in [0.1, 0.15) is 0 Å². The van der Waals surface area contributed by atoms with Crippen LogP contribution in [0.1, 0.15) is 39.9 Å². The van der Waals surface area contributed by atoms with Crippen LogP contribution in [0.2, 0.25) is 10.0 Å². The minimum Gasteiger partial charge on any atom is -0.374 e. The summed E-state index contributed by atoms with van der Waals surface area (Å²) in [5.41, 5.74) is -2.90. The molecule has 190 valence electrons. The fraction of sp³-hybridized carbons (Fsp3) is 0.273. The molecular formula is C22H14Cl3F4N3O4. The van der Waals surface area contributed by atoms with Crippen molar-refractivity contribution < 1.29 is 36.8 Å². The molecule has 2 atom stereocenters. The van der Waals surface area contributed by atoms with E-state index >= 15 is 0 Å². The number of aryl methyl sites for hydroxylation is 1. The first-order valence-corrected chi connectivity index (χ1v) is 11.3. The highest BCUT2D eigenvalue weighted by Gasteiger charge is 2.62. The van der Waals surface area contributed by atoms with Crippen LogP contribution in [0.5, 0.6) is 0 Å². The van der Waals surface area contributed by atoms with E-state index in [-0.39, 0.29) is 34.8 Å². The van der Waals surface area contributed by atoms with Crippen molar-refractivity contribution in [1.82, 2.24) is 4.90 Å². The van der Waals surface area contributed by atoms with E-state index in [2.05, 4.69) is 10.3 Å². The third kappa shape index (κ3) is 4.51. The molecule has 2 aliphatic rings. The average molecular weight is 567 g/mol. The smallest absolute Gasteiger partial charge is 0.374 e. The molecule has 2 heterocycles. The number of benzene rings is 2. The maximum absolute atomic E-state index is 14.2. The largest absolute Gasteiger partial charge is 0.435 e. The van der Waals surface area contributed by atoms with E-state index < -0.39 is 51.8 Å². The summed E-state index contributed by atoms with van der Waals surface area (Å²) in [4.78, 5) is 35.1. The molecule has 0 saturated carbocycles. The molecule has 0 spiro atoms. The Morgan fingerprint density at radius 1 is 1.17 bits per heavy atom. The number of carbonyl (C=O) groups is 2. The van der Waals surface area contributed by atoms with Gasteiger partial charge in [0.05, 0.1) is 22.2 Å². The van der Waals surface area contributed by atoms with Gasteiger partial charge in [0.15, 0.2) is 11.0 Å². The summed E-state index contributed by atoms with van der Waals surface area (Å²) in [5.74, 6) is -1.78. The first kappa shape index (κ1) is 26.2. The molecule has 2 amide bonds. The molecule has 0 N–H and O–H groups in total. The van der Waals surface area contributed by atoms with Gasteiger partial charge in [-0.05, 0) is 42.3 Å². The van der Waals surface area contributed by atoms with Crippen LogP contribution in [0, 0.1) is 12.7 Å². The van der Waals surface area contributed by atoms with Gasteiger partial charge < -0.3 is 9.68 Å². The molecule has 2 unspecified atom stereocenters. The van der Waals surface area contributed by atoms with Crippen molar-refractivity contribution in [3.8, 4) is 0 Å². The van der Waals surface area contributed by atoms with E-state index in [0.29, 0.717) is 5.56 Å². The predicted molar refractivity (Wildman–Crippen MR) is 123 cm³/mol. The number of imide groups is 1. The van der Waals surface area contributed by atoms with Gasteiger partial charge in [-0.25, -0.2) is 9.29 Å². The van der Waals surface area contributed by atoms with Crippen LogP contribution >= 0.6 is 34.8 Å². The van der Waals surface area contributed by atoms with Crippen LogP contribution in [0.25, 0.3) is 0 Å². The van der Waals surface area contributed by atoms with E-state index in [1.165, 1.54) is 25.1 Å². The summed E-state index contributed by atoms with van der Waals surface area (Å²) in [7, 11) is 0. The van der Waals surface area contributed by atoms with Gasteiger partial charge in [-0.1, -0.05) is 51.2 Å². The third-order valence-corrected chi connectivity index (χ3v) is 6.47. The third-order valence-electron chi connectivity index (χ3n) is 5.70. The van der Waals surface area contributed by atoms with Gasteiger partial charge in [-0.15, -0.1) is 0 Å². The molecule has 2 aromatic rings. The normalized spacial score (nSPS) is 21.4. The number of halogens is 7. The van der Waals surface area contributed by atoms with Crippen LogP contribution < -0.4 is 0 Å². The molecule has 4 rings (SSSR count). The number of amides is 2. The maximum atomic E-state index is 14.2. The van der Waals surface area contributed by atoms with E-state index in [1.807, 2.05) is 0 Å². The monoisotopic (exact) mass is 565 g/mol. The Morgan fingerprint density at radius 3 is 2.36 bits per heavy atom. The Bertz CT molecular complexity index is 1290. The van der Waals surface area contributed by atoms with Gasteiger partial charge in [0, 0.05) is 17.5 Å². The van der Waals surface area contributed by atoms with Gasteiger partial charge in [-0.3, -0.25) is 9.59 Å². The molecule has 0 radical (unpaired) electrons. The van der Waals surface area contributed by atoms with Crippen molar-refractivity contribution in [2.75, 3.05) is 0 Å². The topological polar surface area (TPSA) is 80.6 Å². The van der Waals surface area contributed by atoms with Crippen molar-refractivity contribution in [3.05, 3.63) is 68.4 Å². The van der Waals surface area contributed by atoms with Crippen LogP contribution in [0.3, 0.4) is 0 Å². The van der Waals surface area contributed by atoms with Crippen LogP contribution in [-0.2, 0) is 20.1 Å². The van der Waals surface area contributed by atoms with Crippen LogP contribution in [0.15, 0.2) is 40.6 Å². The molecule has 0 saturated heterocycles. The number of hydrogen-bond donors (Lipinski definition) is 0.